The zero-order valence-electron chi connectivity index (χ0n) is 38.8. The molecule has 7 rings (SSSR count). The van der Waals surface area contributed by atoms with Gasteiger partial charge in [0.15, 0.2) is 0 Å². The molecular weight excluding hydrogens is 785 g/mol. The molecular formula is C60H74S2. The first kappa shape index (κ1) is 46.0. The lowest BCUT2D eigenvalue weighted by Crippen LogP contribution is -1.91. The molecule has 0 N–H and O–H groups in total. The summed E-state index contributed by atoms with van der Waals surface area (Å²) in [6.07, 6.45) is 29.9. The SMILES string of the molecule is CCCCCCCCCCCCc1ccc(-c2c3sc(C)c(-c4ccccc4)c3c(-c3ccc(CCCCCCCCCCCC)cc3)c3sc(C)c(-c4ccccc4)c23)cc1. The van der Waals surface area contributed by atoms with E-state index in [1.54, 1.807) is 0 Å². The Balaban J connectivity index is 1.21. The largest absolute Gasteiger partial charge is 0.139 e. The topological polar surface area (TPSA) is 0 Å². The molecule has 2 aromatic heterocycles. The summed E-state index contributed by atoms with van der Waals surface area (Å²) >= 11 is 3.99. The molecule has 0 atom stereocenters. The maximum absolute atomic E-state index is 2.45. The summed E-state index contributed by atoms with van der Waals surface area (Å²) in [4.78, 5) is 2.78. The first-order chi connectivity index (χ1) is 30.6. The van der Waals surface area contributed by atoms with Crippen LogP contribution in [0.5, 0.6) is 0 Å². The fraction of sp³-hybridized carbons (Fsp3) is 0.433. The van der Waals surface area contributed by atoms with Crippen molar-refractivity contribution in [3.63, 3.8) is 0 Å². The Hall–Kier alpha value is -3.98. The number of benzene rings is 5. The molecule has 62 heavy (non-hydrogen) atoms. The van der Waals surface area contributed by atoms with Crippen molar-refractivity contribution in [1.82, 2.24) is 0 Å². The lowest BCUT2D eigenvalue weighted by Gasteiger charge is -2.16. The zero-order chi connectivity index (χ0) is 42.9. The summed E-state index contributed by atoms with van der Waals surface area (Å²) in [5.74, 6) is 0. The highest BCUT2D eigenvalue weighted by Gasteiger charge is 2.27. The molecule has 7 aromatic rings. The maximum Gasteiger partial charge on any atom is 0.0443 e. The van der Waals surface area contributed by atoms with Gasteiger partial charge in [0.05, 0.1) is 0 Å². The van der Waals surface area contributed by atoms with Gasteiger partial charge >= 0.3 is 0 Å². The van der Waals surface area contributed by atoms with E-state index in [0.29, 0.717) is 0 Å². The van der Waals surface area contributed by atoms with Crippen LogP contribution in [0.1, 0.15) is 163 Å². The Bertz CT molecular complexity index is 2200. The summed E-state index contributed by atoms with van der Waals surface area (Å²) in [6, 6.07) is 41.9. The third kappa shape index (κ3) is 11.8. The van der Waals surface area contributed by atoms with Crippen LogP contribution in [0.25, 0.3) is 64.7 Å². The highest BCUT2D eigenvalue weighted by Crippen LogP contribution is 2.56. The van der Waals surface area contributed by atoms with Gasteiger partial charge < -0.3 is 0 Å². The van der Waals surface area contributed by atoms with Gasteiger partial charge in [-0.1, -0.05) is 239 Å². The molecule has 0 unspecified atom stereocenters. The molecule has 326 valence electrons. The number of hydrogen-bond acceptors (Lipinski definition) is 2. The van der Waals surface area contributed by atoms with Gasteiger partial charge in [-0.2, -0.15) is 0 Å². The van der Waals surface area contributed by atoms with Gasteiger partial charge in [-0.15, -0.1) is 22.7 Å². The second kappa shape index (κ2) is 24.2. The molecule has 0 saturated heterocycles. The summed E-state index contributed by atoms with van der Waals surface area (Å²) in [6.45, 7) is 9.31. The molecule has 2 heterocycles. The molecule has 0 saturated carbocycles. The van der Waals surface area contributed by atoms with Crippen molar-refractivity contribution < 1.29 is 0 Å². The van der Waals surface area contributed by atoms with E-state index in [-0.39, 0.29) is 0 Å². The number of hydrogen-bond donors (Lipinski definition) is 0. The average molecular weight is 859 g/mol. The zero-order valence-corrected chi connectivity index (χ0v) is 40.4. The quantitative estimate of drug-likeness (QED) is 0.0476. The van der Waals surface area contributed by atoms with E-state index in [0.717, 1.165) is 0 Å². The van der Waals surface area contributed by atoms with E-state index in [9.17, 15) is 0 Å². The van der Waals surface area contributed by atoms with Crippen LogP contribution in [0.15, 0.2) is 109 Å². The highest BCUT2D eigenvalue weighted by atomic mass is 32.1. The first-order valence-electron chi connectivity index (χ1n) is 24.9. The molecule has 0 bridgehead atoms. The van der Waals surface area contributed by atoms with E-state index >= 15 is 0 Å². The van der Waals surface area contributed by atoms with E-state index in [1.807, 2.05) is 22.7 Å². The fourth-order valence-corrected chi connectivity index (χ4v) is 12.4. The van der Waals surface area contributed by atoms with Crippen LogP contribution in [-0.4, -0.2) is 0 Å². The minimum absolute atomic E-state index is 1.17. The van der Waals surface area contributed by atoms with Crippen LogP contribution in [-0.2, 0) is 12.8 Å². The number of aryl methyl sites for hydroxylation is 4. The normalized spacial score (nSPS) is 11.7. The second-order valence-corrected chi connectivity index (χ2v) is 20.7. The molecule has 5 aromatic carbocycles. The Kier molecular flexibility index (Phi) is 18.0. The van der Waals surface area contributed by atoms with Gasteiger partial charge in [0, 0.05) is 52.2 Å². The first-order valence-corrected chi connectivity index (χ1v) is 26.5. The molecule has 0 radical (unpaired) electrons. The molecule has 0 aliphatic rings. The van der Waals surface area contributed by atoms with Crippen molar-refractivity contribution in [2.24, 2.45) is 0 Å². The van der Waals surface area contributed by atoms with Crippen molar-refractivity contribution in [2.75, 3.05) is 0 Å². The molecule has 0 amide bonds. The van der Waals surface area contributed by atoms with E-state index in [2.05, 4.69) is 137 Å². The smallest absolute Gasteiger partial charge is 0.0443 e. The van der Waals surface area contributed by atoms with Gasteiger partial charge in [0.25, 0.3) is 0 Å². The van der Waals surface area contributed by atoms with Crippen LogP contribution < -0.4 is 0 Å². The van der Waals surface area contributed by atoms with Crippen LogP contribution in [0, 0.1) is 13.8 Å². The molecule has 0 spiro atoms. The van der Waals surface area contributed by atoms with E-state index in [4.69, 9.17) is 0 Å². The third-order valence-electron chi connectivity index (χ3n) is 13.4. The maximum atomic E-state index is 2.45. The van der Waals surface area contributed by atoms with Gasteiger partial charge in [-0.05, 0) is 72.9 Å². The number of thiophene rings is 2. The predicted octanol–water partition coefficient (Wildman–Crippen LogP) is 20.3. The third-order valence-corrected chi connectivity index (χ3v) is 15.6. The number of rotatable bonds is 26. The Morgan fingerprint density at radius 3 is 0.919 bits per heavy atom. The monoisotopic (exact) mass is 859 g/mol. The second-order valence-electron chi connectivity index (χ2n) is 18.2. The summed E-state index contributed by atoms with van der Waals surface area (Å²) in [7, 11) is 0. The standard InChI is InChI=1S/C60H74S2/c1-5-7-9-11-13-15-17-19-21-25-31-47-37-41-51(42-38-47)55-57-53(49-33-27-23-28-34-49)45(3)62-60(57)56(58-54(46(4)61-59(55)58)50-35-29-24-30-36-50)52-43-39-48(40-44-52)32-26-22-20-18-16-14-12-10-8-6-2/h23-24,27-30,33-44H,5-22,25-26,31-32H2,1-4H3. The Morgan fingerprint density at radius 2 is 0.597 bits per heavy atom. The van der Waals surface area contributed by atoms with Crippen molar-refractivity contribution in [2.45, 2.75) is 169 Å². The Morgan fingerprint density at radius 1 is 0.306 bits per heavy atom. The summed E-state index contributed by atoms with van der Waals surface area (Å²) in [5.41, 5.74) is 13.8. The van der Waals surface area contributed by atoms with Crippen LogP contribution in [0.4, 0.5) is 0 Å². The van der Waals surface area contributed by atoms with Gasteiger partial charge in [0.2, 0.25) is 0 Å². The highest BCUT2D eigenvalue weighted by molar-refractivity contribution is 7.22. The van der Waals surface area contributed by atoms with Crippen LogP contribution in [0.3, 0.4) is 0 Å². The van der Waals surface area contributed by atoms with Gasteiger partial charge in [-0.25, -0.2) is 0 Å². The molecule has 0 fully saturated rings. The van der Waals surface area contributed by atoms with Gasteiger partial charge in [0.1, 0.15) is 0 Å². The van der Waals surface area contributed by atoms with E-state index in [1.165, 1.54) is 227 Å². The van der Waals surface area contributed by atoms with Crippen molar-refractivity contribution in [3.8, 4) is 44.5 Å². The van der Waals surface area contributed by atoms with Crippen molar-refractivity contribution in [3.05, 3.63) is 130 Å². The molecule has 0 nitrogen and oxygen atoms in total. The lowest BCUT2D eigenvalue weighted by atomic mass is 9.87. The minimum Gasteiger partial charge on any atom is -0.139 e. The van der Waals surface area contributed by atoms with Crippen molar-refractivity contribution >= 4 is 42.8 Å². The summed E-state index contributed by atoms with van der Waals surface area (Å²) < 4.78 is 2.83. The predicted molar refractivity (Wildman–Crippen MR) is 280 cm³/mol. The summed E-state index contributed by atoms with van der Waals surface area (Å²) in [5, 5.41) is 2.83. The van der Waals surface area contributed by atoms with Crippen LogP contribution in [0.2, 0.25) is 0 Å². The molecule has 2 heteroatoms. The molecule has 0 aliphatic carbocycles. The molecule has 0 aliphatic heterocycles. The van der Waals surface area contributed by atoms with Gasteiger partial charge in [-0.3, -0.25) is 0 Å². The average Bonchev–Trinajstić information content (AvgIpc) is 3.83. The fourth-order valence-electron chi connectivity index (χ4n) is 9.91. The lowest BCUT2D eigenvalue weighted by molar-refractivity contribution is 0.556. The van der Waals surface area contributed by atoms with E-state index < -0.39 is 0 Å². The minimum atomic E-state index is 1.17. The van der Waals surface area contributed by atoms with Crippen molar-refractivity contribution in [1.29, 1.82) is 0 Å². The Labute approximate surface area is 384 Å². The number of fused-ring (bicyclic) bond motifs is 2. The van der Waals surface area contributed by atoms with Crippen LogP contribution >= 0.6 is 22.7 Å². The number of unbranched alkanes of at least 4 members (excludes halogenated alkanes) is 18.